The molecule has 17 heavy (non-hydrogen) atoms. The second-order valence-electron chi connectivity index (χ2n) is 4.15. The lowest BCUT2D eigenvalue weighted by Gasteiger charge is -2.10. The van der Waals surface area contributed by atoms with E-state index in [-0.39, 0.29) is 0 Å². The first-order valence-electron chi connectivity index (χ1n) is 5.49. The van der Waals surface area contributed by atoms with Crippen LogP contribution in [0.4, 0.5) is 0 Å². The second-order valence-corrected chi connectivity index (χ2v) is 4.15. The van der Waals surface area contributed by atoms with Crippen molar-refractivity contribution in [3.05, 3.63) is 59.2 Å². The van der Waals surface area contributed by atoms with Gasteiger partial charge in [-0.15, -0.1) is 0 Å². The van der Waals surface area contributed by atoms with E-state index in [1.807, 2.05) is 50.2 Å². The smallest absolute Gasteiger partial charge is 0.335 e. The summed E-state index contributed by atoms with van der Waals surface area (Å²) >= 11 is 0. The predicted molar refractivity (Wildman–Crippen MR) is 68.3 cm³/mol. The molecule has 2 aromatic carbocycles. The fourth-order valence-electron chi connectivity index (χ4n) is 2.01. The maximum Gasteiger partial charge on any atom is 0.335 e. The van der Waals surface area contributed by atoms with Crippen molar-refractivity contribution in [2.24, 2.45) is 0 Å². The Labute approximate surface area is 101 Å². The summed E-state index contributed by atoms with van der Waals surface area (Å²) in [4.78, 5) is 11.1. The first kappa shape index (κ1) is 11.4. The molecule has 2 heteroatoms. The molecule has 1 N–H and O–H groups in total. The van der Waals surface area contributed by atoms with Gasteiger partial charge in [-0.3, -0.25) is 0 Å². The fraction of sp³-hybridized carbons (Fsp3) is 0.133. The molecule has 0 radical (unpaired) electrons. The van der Waals surface area contributed by atoms with Gasteiger partial charge in [0.2, 0.25) is 0 Å². The van der Waals surface area contributed by atoms with Crippen LogP contribution < -0.4 is 0 Å². The number of hydrogen-bond acceptors (Lipinski definition) is 1. The van der Waals surface area contributed by atoms with Crippen LogP contribution >= 0.6 is 0 Å². The Bertz CT molecular complexity index is 557. The average molecular weight is 226 g/mol. The van der Waals surface area contributed by atoms with Crippen LogP contribution in [0.5, 0.6) is 0 Å². The van der Waals surface area contributed by atoms with E-state index < -0.39 is 5.97 Å². The van der Waals surface area contributed by atoms with Gasteiger partial charge < -0.3 is 5.11 Å². The van der Waals surface area contributed by atoms with Crippen molar-refractivity contribution in [2.75, 3.05) is 0 Å². The molecule has 0 aliphatic heterocycles. The van der Waals surface area contributed by atoms with Crippen molar-refractivity contribution < 1.29 is 9.90 Å². The molecule has 2 nitrogen and oxygen atoms in total. The summed E-state index contributed by atoms with van der Waals surface area (Å²) in [7, 11) is 0. The summed E-state index contributed by atoms with van der Waals surface area (Å²) in [5.74, 6) is -0.875. The first-order chi connectivity index (χ1) is 8.09. The van der Waals surface area contributed by atoms with Crippen LogP contribution in [-0.4, -0.2) is 11.1 Å². The fourth-order valence-corrected chi connectivity index (χ4v) is 2.01. The Kier molecular flexibility index (Phi) is 2.96. The number of aryl methyl sites for hydroxylation is 2. The van der Waals surface area contributed by atoms with Crippen LogP contribution in [-0.2, 0) is 0 Å². The van der Waals surface area contributed by atoms with E-state index in [4.69, 9.17) is 5.11 Å². The van der Waals surface area contributed by atoms with Crippen LogP contribution in [0.15, 0.2) is 42.5 Å². The van der Waals surface area contributed by atoms with Gasteiger partial charge in [-0.1, -0.05) is 36.4 Å². The molecule has 0 unspecified atom stereocenters. The van der Waals surface area contributed by atoms with E-state index in [0.29, 0.717) is 5.56 Å². The number of aromatic carboxylic acids is 1. The zero-order chi connectivity index (χ0) is 12.4. The lowest BCUT2D eigenvalue weighted by molar-refractivity contribution is 0.0696. The zero-order valence-corrected chi connectivity index (χ0v) is 9.90. The highest BCUT2D eigenvalue weighted by Gasteiger charge is 2.11. The molecule has 0 heterocycles. The summed E-state index contributed by atoms with van der Waals surface area (Å²) < 4.78 is 0. The summed E-state index contributed by atoms with van der Waals surface area (Å²) in [5, 5.41) is 9.13. The topological polar surface area (TPSA) is 37.3 Å². The SMILES string of the molecule is Cc1cc(C)c(-c2ccccc2)cc1C(=O)O. The molecular formula is C15H14O2. The van der Waals surface area contributed by atoms with Crippen LogP contribution in [0.25, 0.3) is 11.1 Å². The van der Waals surface area contributed by atoms with E-state index in [2.05, 4.69) is 0 Å². The minimum Gasteiger partial charge on any atom is -0.478 e. The molecule has 0 atom stereocenters. The lowest BCUT2D eigenvalue weighted by Crippen LogP contribution is -2.01. The minimum atomic E-state index is -0.875. The van der Waals surface area contributed by atoms with Crippen molar-refractivity contribution in [3.8, 4) is 11.1 Å². The maximum atomic E-state index is 11.1. The molecular weight excluding hydrogens is 212 g/mol. The van der Waals surface area contributed by atoms with Gasteiger partial charge in [0.1, 0.15) is 0 Å². The summed E-state index contributed by atoms with van der Waals surface area (Å²) in [6.45, 7) is 3.83. The third kappa shape index (κ3) is 2.21. The highest BCUT2D eigenvalue weighted by atomic mass is 16.4. The van der Waals surface area contributed by atoms with E-state index in [1.54, 1.807) is 6.07 Å². The van der Waals surface area contributed by atoms with Gasteiger partial charge in [0, 0.05) is 0 Å². The highest BCUT2D eigenvalue weighted by Crippen LogP contribution is 2.26. The molecule has 0 aliphatic rings. The molecule has 0 aliphatic carbocycles. The number of rotatable bonds is 2. The molecule has 2 aromatic rings. The third-order valence-corrected chi connectivity index (χ3v) is 2.89. The Morgan fingerprint density at radius 1 is 1.00 bits per heavy atom. The number of carboxylic acid groups (broad SMARTS) is 1. The van der Waals surface area contributed by atoms with E-state index in [1.165, 1.54) is 0 Å². The number of carboxylic acids is 1. The highest BCUT2D eigenvalue weighted by molar-refractivity contribution is 5.91. The Hall–Kier alpha value is -2.09. The molecule has 0 aromatic heterocycles. The zero-order valence-electron chi connectivity index (χ0n) is 9.90. The van der Waals surface area contributed by atoms with E-state index >= 15 is 0 Å². The van der Waals surface area contributed by atoms with Crippen LogP contribution in [0.3, 0.4) is 0 Å². The summed E-state index contributed by atoms with van der Waals surface area (Å²) in [6, 6.07) is 13.5. The van der Waals surface area contributed by atoms with Gasteiger partial charge in [-0.2, -0.15) is 0 Å². The van der Waals surface area contributed by atoms with Gasteiger partial charge in [-0.25, -0.2) is 4.79 Å². The number of benzene rings is 2. The van der Waals surface area contributed by atoms with Crippen molar-refractivity contribution in [3.63, 3.8) is 0 Å². The van der Waals surface area contributed by atoms with Gasteiger partial charge in [0.05, 0.1) is 5.56 Å². The number of carbonyl (C=O) groups is 1. The van der Waals surface area contributed by atoms with Crippen LogP contribution in [0, 0.1) is 13.8 Å². The quantitative estimate of drug-likeness (QED) is 0.848. The summed E-state index contributed by atoms with van der Waals surface area (Å²) in [5.41, 5.74) is 4.30. The van der Waals surface area contributed by atoms with Crippen LogP contribution in [0.2, 0.25) is 0 Å². The minimum absolute atomic E-state index is 0.370. The predicted octanol–water partition coefficient (Wildman–Crippen LogP) is 3.67. The molecule has 0 bridgehead atoms. The van der Waals surface area contributed by atoms with Crippen molar-refractivity contribution in [2.45, 2.75) is 13.8 Å². The molecule has 0 spiro atoms. The Morgan fingerprint density at radius 3 is 2.24 bits per heavy atom. The molecule has 0 fully saturated rings. The lowest BCUT2D eigenvalue weighted by atomic mass is 9.95. The molecule has 86 valence electrons. The summed E-state index contributed by atoms with van der Waals surface area (Å²) in [6.07, 6.45) is 0. The monoisotopic (exact) mass is 226 g/mol. The Balaban J connectivity index is 2.63. The van der Waals surface area contributed by atoms with Crippen LogP contribution in [0.1, 0.15) is 21.5 Å². The maximum absolute atomic E-state index is 11.1. The van der Waals surface area contributed by atoms with E-state index in [0.717, 1.165) is 22.3 Å². The second kappa shape index (κ2) is 4.42. The van der Waals surface area contributed by atoms with Gasteiger partial charge in [-0.05, 0) is 42.2 Å². The molecule has 0 saturated carbocycles. The van der Waals surface area contributed by atoms with Crippen molar-refractivity contribution in [1.82, 2.24) is 0 Å². The van der Waals surface area contributed by atoms with Crippen molar-refractivity contribution in [1.29, 1.82) is 0 Å². The number of hydrogen-bond donors (Lipinski definition) is 1. The van der Waals surface area contributed by atoms with Gasteiger partial charge >= 0.3 is 5.97 Å². The Morgan fingerprint density at radius 2 is 1.65 bits per heavy atom. The van der Waals surface area contributed by atoms with E-state index in [9.17, 15) is 4.79 Å². The van der Waals surface area contributed by atoms with Crippen molar-refractivity contribution >= 4 is 5.97 Å². The standard InChI is InChI=1S/C15H14O2/c1-10-8-11(2)14(15(16)17)9-13(10)12-6-4-3-5-7-12/h3-9H,1-2H3,(H,16,17). The molecule has 0 saturated heterocycles. The first-order valence-corrected chi connectivity index (χ1v) is 5.49. The molecule has 2 rings (SSSR count). The normalized spacial score (nSPS) is 10.2. The van der Waals surface area contributed by atoms with Gasteiger partial charge in [0.15, 0.2) is 0 Å². The average Bonchev–Trinajstić information content (AvgIpc) is 2.29. The molecule has 0 amide bonds. The van der Waals surface area contributed by atoms with Gasteiger partial charge in [0.25, 0.3) is 0 Å². The third-order valence-electron chi connectivity index (χ3n) is 2.89. The largest absolute Gasteiger partial charge is 0.478 e.